The number of carbonyl (C=O) groups is 1. The molecule has 1 aliphatic heterocycles. The zero-order valence-electron chi connectivity index (χ0n) is 10.3. The molecule has 1 nitrogen and oxygen atoms in total. The van der Waals surface area contributed by atoms with E-state index < -0.39 is 0 Å². The Bertz CT molecular complexity index is 199. The molecule has 0 aromatic carbocycles. The van der Waals surface area contributed by atoms with Gasteiger partial charge in [0.25, 0.3) is 0 Å². The van der Waals surface area contributed by atoms with Crippen molar-refractivity contribution in [1.29, 1.82) is 0 Å². The van der Waals surface area contributed by atoms with E-state index in [0.29, 0.717) is 5.78 Å². The monoisotopic (exact) mass is 228 g/mol. The predicted octanol–water partition coefficient (Wildman–Crippen LogP) is 4.06. The average molecular weight is 228 g/mol. The van der Waals surface area contributed by atoms with E-state index >= 15 is 0 Å². The van der Waals surface area contributed by atoms with Crippen molar-refractivity contribution in [3.05, 3.63) is 0 Å². The Balaban J connectivity index is 2.03. The van der Waals surface area contributed by atoms with Crippen LogP contribution in [0.4, 0.5) is 0 Å². The quantitative estimate of drug-likeness (QED) is 0.660. The topological polar surface area (TPSA) is 17.1 Å². The minimum absolute atomic E-state index is 0.137. The van der Waals surface area contributed by atoms with Gasteiger partial charge in [-0.3, -0.25) is 4.79 Å². The van der Waals surface area contributed by atoms with E-state index in [1.807, 2.05) is 20.8 Å². The Kier molecular flexibility index (Phi) is 5.17. The Morgan fingerprint density at radius 2 is 2.07 bits per heavy atom. The van der Waals surface area contributed by atoms with Gasteiger partial charge >= 0.3 is 0 Å². The highest BCUT2D eigenvalue weighted by Gasteiger charge is 2.20. The summed E-state index contributed by atoms with van der Waals surface area (Å²) in [6.45, 7) is 6.05. The maximum absolute atomic E-state index is 11.7. The summed E-state index contributed by atoms with van der Waals surface area (Å²) < 4.78 is 0. The zero-order valence-corrected chi connectivity index (χ0v) is 11.2. The summed E-state index contributed by atoms with van der Waals surface area (Å²) in [7, 11) is 0. The number of unbranched alkanes of at least 4 members (excludes halogenated alkanes) is 1. The van der Waals surface area contributed by atoms with Gasteiger partial charge in [0.1, 0.15) is 5.78 Å². The SMILES string of the molecule is CC(C)(C)C(=O)CCCC[C@@H]1CCCS1. The molecule has 0 amide bonds. The Hall–Kier alpha value is 0.0200. The average Bonchev–Trinajstić information content (AvgIpc) is 2.63. The first-order chi connectivity index (χ1) is 7.00. The van der Waals surface area contributed by atoms with Crippen molar-refractivity contribution in [2.45, 2.75) is 64.5 Å². The van der Waals surface area contributed by atoms with E-state index in [1.165, 1.54) is 31.4 Å². The second kappa shape index (κ2) is 5.93. The van der Waals surface area contributed by atoms with Crippen LogP contribution in [-0.4, -0.2) is 16.8 Å². The van der Waals surface area contributed by atoms with Crippen molar-refractivity contribution in [2.24, 2.45) is 5.41 Å². The number of ketones is 1. The van der Waals surface area contributed by atoms with E-state index in [-0.39, 0.29) is 5.41 Å². The van der Waals surface area contributed by atoms with Gasteiger partial charge in [0.2, 0.25) is 0 Å². The Labute approximate surface area is 98.4 Å². The predicted molar refractivity (Wildman–Crippen MR) is 68.4 cm³/mol. The molecular weight excluding hydrogens is 204 g/mol. The molecule has 15 heavy (non-hydrogen) atoms. The standard InChI is InChI=1S/C13H24OS/c1-13(2,3)12(14)9-5-4-7-11-8-6-10-15-11/h11H,4-10H2,1-3H3/t11-/m1/s1. The fraction of sp³-hybridized carbons (Fsp3) is 0.923. The van der Waals surface area contributed by atoms with Crippen LogP contribution < -0.4 is 0 Å². The summed E-state index contributed by atoms with van der Waals surface area (Å²) >= 11 is 2.12. The number of hydrogen-bond donors (Lipinski definition) is 0. The molecule has 1 atom stereocenters. The van der Waals surface area contributed by atoms with Gasteiger partial charge in [0, 0.05) is 17.1 Å². The van der Waals surface area contributed by atoms with Crippen molar-refractivity contribution < 1.29 is 4.79 Å². The number of Topliss-reactive ketones (excluding diaryl/α,β-unsaturated/α-hetero) is 1. The van der Waals surface area contributed by atoms with Crippen LogP contribution in [0.5, 0.6) is 0 Å². The molecule has 1 rings (SSSR count). The lowest BCUT2D eigenvalue weighted by Crippen LogP contribution is -2.19. The molecule has 0 radical (unpaired) electrons. The van der Waals surface area contributed by atoms with Crippen molar-refractivity contribution in [2.75, 3.05) is 5.75 Å². The van der Waals surface area contributed by atoms with Crippen LogP contribution in [0.2, 0.25) is 0 Å². The number of hydrogen-bond acceptors (Lipinski definition) is 2. The van der Waals surface area contributed by atoms with Gasteiger partial charge in [0.05, 0.1) is 0 Å². The number of rotatable bonds is 5. The van der Waals surface area contributed by atoms with Crippen LogP contribution in [0, 0.1) is 5.41 Å². The van der Waals surface area contributed by atoms with Crippen LogP contribution in [0.15, 0.2) is 0 Å². The van der Waals surface area contributed by atoms with E-state index in [2.05, 4.69) is 11.8 Å². The van der Waals surface area contributed by atoms with Crippen LogP contribution in [-0.2, 0) is 4.79 Å². The van der Waals surface area contributed by atoms with Gasteiger partial charge < -0.3 is 0 Å². The molecule has 2 heteroatoms. The lowest BCUT2D eigenvalue weighted by Gasteiger charge is -2.16. The third-order valence-corrected chi connectivity index (χ3v) is 4.51. The highest BCUT2D eigenvalue weighted by atomic mass is 32.2. The van der Waals surface area contributed by atoms with Gasteiger partial charge in [-0.1, -0.05) is 27.2 Å². The number of thioether (sulfide) groups is 1. The summed E-state index contributed by atoms with van der Waals surface area (Å²) in [4.78, 5) is 11.7. The largest absolute Gasteiger partial charge is 0.299 e. The first kappa shape index (κ1) is 13.1. The smallest absolute Gasteiger partial charge is 0.138 e. The lowest BCUT2D eigenvalue weighted by atomic mass is 9.88. The molecular formula is C13H24OS. The lowest BCUT2D eigenvalue weighted by molar-refractivity contribution is -0.126. The first-order valence-electron chi connectivity index (χ1n) is 6.15. The zero-order chi connectivity index (χ0) is 11.3. The van der Waals surface area contributed by atoms with Crippen LogP contribution in [0.1, 0.15) is 59.3 Å². The summed E-state index contributed by atoms with van der Waals surface area (Å²) in [6.07, 6.45) is 7.23. The molecule has 0 N–H and O–H groups in total. The highest BCUT2D eigenvalue weighted by Crippen LogP contribution is 2.30. The van der Waals surface area contributed by atoms with E-state index in [1.54, 1.807) is 0 Å². The summed E-state index contributed by atoms with van der Waals surface area (Å²) in [6, 6.07) is 0. The third kappa shape index (κ3) is 5.05. The molecule has 88 valence electrons. The van der Waals surface area contributed by atoms with Crippen LogP contribution in [0.3, 0.4) is 0 Å². The summed E-state index contributed by atoms with van der Waals surface area (Å²) in [5, 5.41) is 0.898. The summed E-state index contributed by atoms with van der Waals surface area (Å²) in [5.41, 5.74) is -0.137. The van der Waals surface area contributed by atoms with E-state index in [9.17, 15) is 4.79 Å². The van der Waals surface area contributed by atoms with Crippen molar-refractivity contribution >= 4 is 17.5 Å². The minimum Gasteiger partial charge on any atom is -0.299 e. The van der Waals surface area contributed by atoms with Gasteiger partial charge in [0.15, 0.2) is 0 Å². The normalized spacial score (nSPS) is 21.9. The van der Waals surface area contributed by atoms with Crippen LogP contribution in [0.25, 0.3) is 0 Å². The second-order valence-electron chi connectivity index (χ2n) is 5.55. The fourth-order valence-corrected chi connectivity index (χ4v) is 3.24. The minimum atomic E-state index is -0.137. The molecule has 0 aromatic heterocycles. The van der Waals surface area contributed by atoms with Gasteiger partial charge in [-0.25, -0.2) is 0 Å². The molecule has 1 heterocycles. The molecule has 0 unspecified atom stereocenters. The van der Waals surface area contributed by atoms with Gasteiger partial charge in [-0.15, -0.1) is 0 Å². The van der Waals surface area contributed by atoms with E-state index in [0.717, 1.165) is 18.1 Å². The fourth-order valence-electron chi connectivity index (χ4n) is 1.90. The molecule has 0 saturated carbocycles. The Morgan fingerprint density at radius 3 is 2.60 bits per heavy atom. The second-order valence-corrected chi connectivity index (χ2v) is 6.96. The third-order valence-electron chi connectivity index (χ3n) is 3.04. The molecule has 0 bridgehead atoms. The van der Waals surface area contributed by atoms with Crippen molar-refractivity contribution in [1.82, 2.24) is 0 Å². The highest BCUT2D eigenvalue weighted by molar-refractivity contribution is 8.00. The van der Waals surface area contributed by atoms with E-state index in [4.69, 9.17) is 0 Å². The van der Waals surface area contributed by atoms with Gasteiger partial charge in [-0.2, -0.15) is 11.8 Å². The summed E-state index contributed by atoms with van der Waals surface area (Å²) in [5.74, 6) is 1.77. The molecule has 0 spiro atoms. The van der Waals surface area contributed by atoms with Gasteiger partial charge in [-0.05, 0) is 31.4 Å². The van der Waals surface area contributed by atoms with Crippen molar-refractivity contribution in [3.8, 4) is 0 Å². The molecule has 1 fully saturated rings. The molecule has 1 aliphatic rings. The molecule has 1 saturated heterocycles. The maximum atomic E-state index is 11.7. The Morgan fingerprint density at radius 1 is 1.33 bits per heavy atom. The molecule has 0 aliphatic carbocycles. The maximum Gasteiger partial charge on any atom is 0.138 e. The molecule has 0 aromatic rings. The van der Waals surface area contributed by atoms with Crippen molar-refractivity contribution in [3.63, 3.8) is 0 Å². The first-order valence-corrected chi connectivity index (χ1v) is 7.20. The number of carbonyl (C=O) groups excluding carboxylic acids is 1. The van der Waals surface area contributed by atoms with Crippen LogP contribution >= 0.6 is 11.8 Å².